The average molecular weight is 780 g/mol. The molecular weight excluding hydrogens is 740 g/mol. The van der Waals surface area contributed by atoms with Gasteiger partial charge in [-0.15, -0.1) is 0 Å². The molecule has 0 bridgehead atoms. The van der Waals surface area contributed by atoms with Crippen LogP contribution >= 0.6 is 15.9 Å². The third-order valence-electron chi connectivity index (χ3n) is 9.37. The fourth-order valence-corrected chi connectivity index (χ4v) is 6.97. The Morgan fingerprint density at radius 3 is 1.63 bits per heavy atom. The molecule has 1 aliphatic carbocycles. The number of halogens is 1. The smallest absolute Gasteiger partial charge is 0.180 e. The maximum Gasteiger partial charge on any atom is 0.180 e. The van der Waals surface area contributed by atoms with Gasteiger partial charge in [0.05, 0.1) is 17.6 Å². The van der Waals surface area contributed by atoms with Crippen molar-refractivity contribution in [2.75, 3.05) is 10.6 Å². The maximum absolute atomic E-state index is 4.69. The largest absolute Gasteiger partial charge is 0.363 e. The van der Waals surface area contributed by atoms with Crippen LogP contribution in [0.15, 0.2) is 103 Å². The van der Waals surface area contributed by atoms with Crippen molar-refractivity contribution in [1.29, 1.82) is 0 Å². The van der Waals surface area contributed by atoms with Crippen molar-refractivity contribution in [2.45, 2.75) is 59.5 Å². The summed E-state index contributed by atoms with van der Waals surface area (Å²) in [5.41, 5.74) is 13.6. The zero-order valence-corrected chi connectivity index (χ0v) is 32.1. The minimum absolute atomic E-state index is 0.626. The van der Waals surface area contributed by atoms with Crippen LogP contribution in [-0.2, 0) is 13.1 Å². The highest BCUT2D eigenvalue weighted by atomic mass is 79.9. The first-order valence-corrected chi connectivity index (χ1v) is 18.6. The van der Waals surface area contributed by atoms with Gasteiger partial charge in [0.15, 0.2) is 22.9 Å². The van der Waals surface area contributed by atoms with Crippen molar-refractivity contribution in [3.63, 3.8) is 0 Å². The van der Waals surface area contributed by atoms with Crippen LogP contribution in [0.25, 0.3) is 33.8 Å². The number of fused-ring (bicyclic) bond motifs is 2. The highest BCUT2D eigenvalue weighted by Crippen LogP contribution is 2.40. The fraction of sp³-hybridized carbons (Fsp3) is 0.220. The van der Waals surface area contributed by atoms with Crippen LogP contribution in [-0.4, -0.2) is 48.7 Å². The number of pyridine rings is 4. The molecule has 0 amide bonds. The third-order valence-corrected chi connectivity index (χ3v) is 9.95. The zero-order valence-electron chi connectivity index (χ0n) is 30.5. The van der Waals surface area contributed by atoms with Crippen LogP contribution in [0.3, 0.4) is 0 Å². The lowest BCUT2D eigenvalue weighted by atomic mass is 10.1. The van der Waals surface area contributed by atoms with Crippen molar-refractivity contribution in [3.8, 4) is 22.5 Å². The van der Waals surface area contributed by atoms with Gasteiger partial charge in [-0.2, -0.15) is 0 Å². The van der Waals surface area contributed by atoms with Crippen LogP contribution in [0, 0.1) is 27.7 Å². The Hall–Kier alpha value is -6.08. The van der Waals surface area contributed by atoms with Gasteiger partial charge >= 0.3 is 0 Å². The second kappa shape index (κ2) is 15.1. The monoisotopic (exact) mass is 778 g/mol. The van der Waals surface area contributed by atoms with Crippen LogP contribution in [0.2, 0.25) is 0 Å². The van der Waals surface area contributed by atoms with Gasteiger partial charge in [0.25, 0.3) is 0 Å². The molecule has 1 saturated carbocycles. The molecule has 54 heavy (non-hydrogen) atoms. The Labute approximate surface area is 321 Å². The summed E-state index contributed by atoms with van der Waals surface area (Å²) in [6.07, 6.45) is 21.2. The molecule has 13 heteroatoms. The third kappa shape index (κ3) is 7.53. The molecule has 0 saturated heterocycles. The molecule has 9 rings (SSSR count). The Morgan fingerprint density at radius 2 is 1.11 bits per heavy atom. The molecule has 270 valence electrons. The van der Waals surface area contributed by atoms with E-state index < -0.39 is 0 Å². The van der Waals surface area contributed by atoms with Gasteiger partial charge in [-0.1, -0.05) is 12.1 Å². The topological polar surface area (TPSA) is 136 Å². The molecule has 0 aromatic carbocycles. The van der Waals surface area contributed by atoms with Crippen LogP contribution < -0.4 is 10.6 Å². The van der Waals surface area contributed by atoms with E-state index in [2.05, 4.69) is 97.9 Å². The van der Waals surface area contributed by atoms with E-state index in [1.807, 2.05) is 86.0 Å². The van der Waals surface area contributed by atoms with E-state index in [-0.39, 0.29) is 0 Å². The lowest BCUT2D eigenvalue weighted by Gasteiger charge is -2.10. The first-order valence-electron chi connectivity index (χ1n) is 17.8. The minimum Gasteiger partial charge on any atom is -0.363 e. The number of nitrogens with zero attached hydrogens (tertiary/aromatic N) is 10. The van der Waals surface area contributed by atoms with Crippen molar-refractivity contribution >= 4 is 38.9 Å². The van der Waals surface area contributed by atoms with Gasteiger partial charge in [-0.25, -0.2) is 19.9 Å². The van der Waals surface area contributed by atoms with Crippen molar-refractivity contribution < 1.29 is 0 Å². The second-order valence-corrected chi connectivity index (χ2v) is 14.4. The van der Waals surface area contributed by atoms with Crippen LogP contribution in [0.4, 0.5) is 11.6 Å². The predicted molar refractivity (Wildman–Crippen MR) is 214 cm³/mol. The van der Waals surface area contributed by atoms with E-state index >= 15 is 0 Å². The SMILES string of the molecule is Cc1cc(-c2ncc(CNc3nccn4c(Br)cnc34)cc2C)ccn1.Cc1cc(-c2ncc(CNc3nccn4c(C5CC5)cnc34)cc2C)ccn1. The first-order chi connectivity index (χ1) is 26.3. The van der Waals surface area contributed by atoms with Gasteiger partial charge in [0, 0.05) is 103 Å². The van der Waals surface area contributed by atoms with Crippen LogP contribution in [0.5, 0.6) is 0 Å². The lowest BCUT2D eigenvalue weighted by molar-refractivity contribution is 0.967. The number of imidazole rings is 2. The highest BCUT2D eigenvalue weighted by molar-refractivity contribution is 9.10. The summed E-state index contributed by atoms with van der Waals surface area (Å²) < 4.78 is 4.99. The molecule has 1 fully saturated rings. The Balaban J connectivity index is 0.000000154. The normalized spacial score (nSPS) is 12.5. The summed E-state index contributed by atoms with van der Waals surface area (Å²) >= 11 is 3.47. The van der Waals surface area contributed by atoms with E-state index in [1.54, 1.807) is 12.4 Å². The molecule has 1 aliphatic rings. The molecule has 0 aliphatic heterocycles. The highest BCUT2D eigenvalue weighted by Gasteiger charge is 2.27. The Morgan fingerprint density at radius 1 is 0.593 bits per heavy atom. The van der Waals surface area contributed by atoms with E-state index in [1.165, 1.54) is 18.5 Å². The van der Waals surface area contributed by atoms with Gasteiger partial charge in [-0.05, 0) is 103 Å². The molecular formula is C41H39BrN12. The summed E-state index contributed by atoms with van der Waals surface area (Å²) in [6.45, 7) is 9.43. The van der Waals surface area contributed by atoms with E-state index in [0.29, 0.717) is 19.0 Å². The molecule has 8 aromatic heterocycles. The van der Waals surface area contributed by atoms with Gasteiger partial charge in [-0.3, -0.25) is 28.7 Å². The number of aryl methyl sites for hydroxylation is 4. The van der Waals surface area contributed by atoms with Gasteiger partial charge in [0.1, 0.15) is 4.60 Å². The fourth-order valence-electron chi connectivity index (χ4n) is 6.58. The number of anilines is 2. The van der Waals surface area contributed by atoms with E-state index in [0.717, 1.165) is 83.7 Å². The summed E-state index contributed by atoms with van der Waals surface area (Å²) in [5, 5.41) is 6.78. The number of hydrogen-bond donors (Lipinski definition) is 2. The molecule has 0 radical (unpaired) electrons. The molecule has 2 N–H and O–H groups in total. The first kappa shape index (κ1) is 35.0. The summed E-state index contributed by atoms with van der Waals surface area (Å²) in [7, 11) is 0. The van der Waals surface area contributed by atoms with Crippen molar-refractivity contribution in [3.05, 3.63) is 142 Å². The lowest BCUT2D eigenvalue weighted by Crippen LogP contribution is -2.05. The molecule has 0 spiro atoms. The summed E-state index contributed by atoms with van der Waals surface area (Å²) in [4.78, 5) is 35.7. The van der Waals surface area contributed by atoms with Gasteiger partial charge in [0.2, 0.25) is 0 Å². The standard InChI is InChI=1S/C22H22N6.C19H17BrN6/c1-14-9-16(11-25-20(14)18-5-6-23-15(2)10-18)12-26-21-22-27-13-19(17-3-4-17)28(22)8-7-24-21;1-12-7-14(9-23-17(12)15-3-4-21-13(2)8-15)10-24-18-19-25-11-16(20)26(19)6-5-22-18/h5-11,13,17H,3-4,12H2,1-2H3,(H,24,26);3-9,11H,10H2,1-2H3,(H,22,24). The molecule has 8 heterocycles. The quantitative estimate of drug-likeness (QED) is 0.147. The molecule has 12 nitrogen and oxygen atoms in total. The molecule has 0 unspecified atom stereocenters. The van der Waals surface area contributed by atoms with E-state index in [9.17, 15) is 0 Å². The Bertz CT molecular complexity index is 2610. The molecule has 8 aromatic rings. The van der Waals surface area contributed by atoms with Crippen LogP contribution in [0.1, 0.15) is 58.1 Å². The van der Waals surface area contributed by atoms with Crippen molar-refractivity contribution in [2.24, 2.45) is 0 Å². The van der Waals surface area contributed by atoms with E-state index in [4.69, 9.17) is 4.98 Å². The Kier molecular flexibility index (Phi) is 9.79. The zero-order chi connectivity index (χ0) is 37.2. The maximum atomic E-state index is 4.69. The summed E-state index contributed by atoms with van der Waals surface area (Å²) in [6, 6.07) is 12.4. The molecule has 0 atom stereocenters. The number of aromatic nitrogens is 10. The predicted octanol–water partition coefficient (Wildman–Crippen LogP) is 8.47. The average Bonchev–Trinajstić information content (AvgIpc) is 3.81. The van der Waals surface area contributed by atoms with Crippen molar-refractivity contribution in [1.82, 2.24) is 48.7 Å². The minimum atomic E-state index is 0.626. The van der Waals surface area contributed by atoms with Gasteiger partial charge < -0.3 is 10.6 Å². The number of hydrogen-bond acceptors (Lipinski definition) is 10. The summed E-state index contributed by atoms with van der Waals surface area (Å²) in [5.74, 6) is 2.20. The second-order valence-electron chi connectivity index (χ2n) is 13.6. The number of rotatable bonds is 9. The number of nitrogens with one attached hydrogen (secondary N) is 2.